The van der Waals surface area contributed by atoms with Crippen molar-refractivity contribution in [3.05, 3.63) is 35.4 Å². The summed E-state index contributed by atoms with van der Waals surface area (Å²) in [5.74, 6) is -0.0722. The van der Waals surface area contributed by atoms with E-state index in [0.717, 1.165) is 12.0 Å². The van der Waals surface area contributed by atoms with Gasteiger partial charge in [-0.05, 0) is 29.4 Å². The lowest BCUT2D eigenvalue weighted by Gasteiger charge is -2.15. The lowest BCUT2D eigenvalue weighted by atomic mass is 9.90. The van der Waals surface area contributed by atoms with Gasteiger partial charge in [-0.25, -0.2) is 0 Å². The zero-order valence-corrected chi connectivity index (χ0v) is 9.10. The fourth-order valence-corrected chi connectivity index (χ4v) is 2.54. The Balaban J connectivity index is 2.44. The summed E-state index contributed by atoms with van der Waals surface area (Å²) < 4.78 is 0. The lowest BCUT2D eigenvalue weighted by molar-refractivity contribution is -0.138. The average molecular weight is 204 g/mol. The van der Waals surface area contributed by atoms with E-state index in [1.54, 1.807) is 0 Å². The summed E-state index contributed by atoms with van der Waals surface area (Å²) in [7, 11) is 0. The molecule has 2 atom stereocenters. The molecular formula is C13H16O2. The number of aliphatic carboxylic acids is 1. The topological polar surface area (TPSA) is 37.3 Å². The van der Waals surface area contributed by atoms with Crippen LogP contribution >= 0.6 is 0 Å². The molecule has 1 aromatic rings. The molecule has 2 heteroatoms. The summed E-state index contributed by atoms with van der Waals surface area (Å²) >= 11 is 0. The van der Waals surface area contributed by atoms with E-state index in [9.17, 15) is 4.79 Å². The Bertz CT molecular complexity index is 382. The Morgan fingerprint density at radius 2 is 1.93 bits per heavy atom. The lowest BCUT2D eigenvalue weighted by Crippen LogP contribution is -2.09. The average Bonchev–Trinajstić information content (AvgIpc) is 2.56. The molecule has 0 bridgehead atoms. The summed E-state index contributed by atoms with van der Waals surface area (Å²) in [5, 5.41) is 9.16. The number of rotatable bonds is 2. The Morgan fingerprint density at radius 1 is 1.33 bits per heavy atom. The van der Waals surface area contributed by atoms with Crippen LogP contribution in [0.5, 0.6) is 0 Å². The largest absolute Gasteiger partial charge is 0.481 e. The van der Waals surface area contributed by atoms with E-state index < -0.39 is 5.97 Å². The van der Waals surface area contributed by atoms with Crippen molar-refractivity contribution >= 4 is 5.97 Å². The molecule has 0 heterocycles. The number of hydrogen-bond acceptors (Lipinski definition) is 1. The second kappa shape index (κ2) is 3.69. The third kappa shape index (κ3) is 1.65. The maximum atomic E-state index is 11.1. The molecule has 0 saturated carbocycles. The smallest absolute Gasteiger partial charge is 0.311 e. The minimum atomic E-state index is -0.689. The quantitative estimate of drug-likeness (QED) is 0.804. The van der Waals surface area contributed by atoms with Crippen LogP contribution in [-0.4, -0.2) is 11.1 Å². The third-order valence-electron chi connectivity index (χ3n) is 3.36. The van der Waals surface area contributed by atoms with Gasteiger partial charge in [-0.3, -0.25) is 4.79 Å². The molecular weight excluding hydrogens is 188 g/mol. The normalized spacial score (nSPS) is 24.2. The highest BCUT2D eigenvalue weighted by molar-refractivity contribution is 5.78. The van der Waals surface area contributed by atoms with E-state index in [4.69, 9.17) is 5.11 Å². The molecule has 0 spiro atoms. The van der Waals surface area contributed by atoms with Gasteiger partial charge in [-0.2, -0.15) is 0 Å². The highest BCUT2D eigenvalue weighted by atomic mass is 16.4. The van der Waals surface area contributed by atoms with E-state index in [1.165, 1.54) is 5.56 Å². The highest BCUT2D eigenvalue weighted by Crippen LogP contribution is 2.45. The Labute approximate surface area is 89.9 Å². The summed E-state index contributed by atoms with van der Waals surface area (Å²) in [6, 6.07) is 7.95. The Hall–Kier alpha value is -1.31. The molecule has 80 valence electrons. The van der Waals surface area contributed by atoms with Crippen molar-refractivity contribution < 1.29 is 9.90 Å². The summed E-state index contributed by atoms with van der Waals surface area (Å²) in [6.45, 7) is 4.32. The first-order valence-electron chi connectivity index (χ1n) is 5.43. The Morgan fingerprint density at radius 3 is 2.47 bits per heavy atom. The summed E-state index contributed by atoms with van der Waals surface area (Å²) in [4.78, 5) is 11.1. The summed E-state index contributed by atoms with van der Waals surface area (Å²) in [6.07, 6.45) is 0.756. The first-order valence-corrected chi connectivity index (χ1v) is 5.43. The van der Waals surface area contributed by atoms with Gasteiger partial charge in [0.2, 0.25) is 0 Å². The molecule has 1 N–H and O–H groups in total. The van der Waals surface area contributed by atoms with Crippen LogP contribution in [0.3, 0.4) is 0 Å². The predicted octanol–water partition coefficient (Wildman–Crippen LogP) is 3.00. The predicted molar refractivity (Wildman–Crippen MR) is 59.0 cm³/mol. The third-order valence-corrected chi connectivity index (χ3v) is 3.36. The van der Waals surface area contributed by atoms with Gasteiger partial charge in [0.25, 0.3) is 0 Å². The number of carbonyl (C=O) groups is 1. The minimum absolute atomic E-state index is 0.298. The van der Waals surface area contributed by atoms with E-state index in [0.29, 0.717) is 11.8 Å². The standard InChI is InChI=1S/C13H16O2/c1-8(2)11-7-12(13(14)15)10-6-4-3-5-9(10)11/h3-6,8,11-12H,7H2,1-2H3,(H,14,15). The van der Waals surface area contributed by atoms with Crippen molar-refractivity contribution in [3.63, 3.8) is 0 Å². The van der Waals surface area contributed by atoms with Gasteiger partial charge in [0.15, 0.2) is 0 Å². The van der Waals surface area contributed by atoms with E-state index >= 15 is 0 Å². The van der Waals surface area contributed by atoms with Crippen molar-refractivity contribution in [1.82, 2.24) is 0 Å². The van der Waals surface area contributed by atoms with Crippen LogP contribution in [0.15, 0.2) is 24.3 Å². The van der Waals surface area contributed by atoms with Crippen LogP contribution in [0.1, 0.15) is 43.2 Å². The monoisotopic (exact) mass is 204 g/mol. The fraction of sp³-hybridized carbons (Fsp3) is 0.462. The number of hydrogen-bond donors (Lipinski definition) is 1. The van der Waals surface area contributed by atoms with Gasteiger partial charge in [-0.1, -0.05) is 38.1 Å². The fourth-order valence-electron chi connectivity index (χ4n) is 2.54. The maximum Gasteiger partial charge on any atom is 0.311 e. The number of benzene rings is 1. The van der Waals surface area contributed by atoms with E-state index in [1.807, 2.05) is 18.2 Å². The van der Waals surface area contributed by atoms with Gasteiger partial charge in [0, 0.05) is 0 Å². The molecule has 2 nitrogen and oxygen atoms in total. The molecule has 0 amide bonds. The number of fused-ring (bicyclic) bond motifs is 1. The molecule has 0 radical (unpaired) electrons. The maximum absolute atomic E-state index is 11.1. The van der Waals surface area contributed by atoms with Crippen LogP contribution in [0.25, 0.3) is 0 Å². The number of carboxylic acid groups (broad SMARTS) is 1. The first kappa shape index (κ1) is 10.2. The molecule has 1 aliphatic carbocycles. The van der Waals surface area contributed by atoms with Crippen molar-refractivity contribution in [2.45, 2.75) is 32.1 Å². The molecule has 1 aromatic carbocycles. The molecule has 0 fully saturated rings. The molecule has 1 aliphatic rings. The van der Waals surface area contributed by atoms with Crippen LogP contribution in [0.4, 0.5) is 0 Å². The molecule has 0 aliphatic heterocycles. The summed E-state index contributed by atoms with van der Waals surface area (Å²) in [5.41, 5.74) is 2.25. The van der Waals surface area contributed by atoms with Crippen molar-refractivity contribution in [3.8, 4) is 0 Å². The van der Waals surface area contributed by atoms with Gasteiger partial charge in [-0.15, -0.1) is 0 Å². The van der Waals surface area contributed by atoms with Crippen molar-refractivity contribution in [1.29, 1.82) is 0 Å². The van der Waals surface area contributed by atoms with Crippen LogP contribution in [-0.2, 0) is 4.79 Å². The molecule has 2 unspecified atom stereocenters. The van der Waals surface area contributed by atoms with E-state index in [2.05, 4.69) is 19.9 Å². The molecule has 0 aromatic heterocycles. The zero-order valence-electron chi connectivity index (χ0n) is 9.10. The second-order valence-electron chi connectivity index (χ2n) is 4.61. The first-order chi connectivity index (χ1) is 7.11. The second-order valence-corrected chi connectivity index (χ2v) is 4.61. The molecule has 0 saturated heterocycles. The van der Waals surface area contributed by atoms with Gasteiger partial charge in [0.1, 0.15) is 0 Å². The van der Waals surface area contributed by atoms with Crippen LogP contribution < -0.4 is 0 Å². The zero-order chi connectivity index (χ0) is 11.0. The van der Waals surface area contributed by atoms with Crippen molar-refractivity contribution in [2.24, 2.45) is 5.92 Å². The van der Waals surface area contributed by atoms with E-state index in [-0.39, 0.29) is 5.92 Å². The minimum Gasteiger partial charge on any atom is -0.481 e. The molecule has 15 heavy (non-hydrogen) atoms. The highest BCUT2D eigenvalue weighted by Gasteiger charge is 2.36. The van der Waals surface area contributed by atoms with Gasteiger partial charge in [0.05, 0.1) is 5.92 Å². The number of carboxylic acids is 1. The van der Waals surface area contributed by atoms with Gasteiger partial charge < -0.3 is 5.11 Å². The van der Waals surface area contributed by atoms with Crippen LogP contribution in [0, 0.1) is 5.92 Å². The van der Waals surface area contributed by atoms with Gasteiger partial charge >= 0.3 is 5.97 Å². The SMILES string of the molecule is CC(C)C1CC(C(=O)O)c2ccccc21. The molecule has 2 rings (SSSR count). The Kier molecular flexibility index (Phi) is 2.51. The van der Waals surface area contributed by atoms with Crippen molar-refractivity contribution in [2.75, 3.05) is 0 Å². The van der Waals surface area contributed by atoms with Crippen LogP contribution in [0.2, 0.25) is 0 Å².